The Morgan fingerprint density at radius 1 is 1.30 bits per heavy atom. The number of hydrogen-bond acceptors (Lipinski definition) is 2. The molecule has 2 rings (SSSR count). The van der Waals surface area contributed by atoms with Crippen molar-refractivity contribution in [1.82, 2.24) is 4.90 Å². The number of halogens is 2. The third-order valence-electron chi connectivity index (χ3n) is 3.59. The molecule has 0 aromatic heterocycles. The van der Waals surface area contributed by atoms with Gasteiger partial charge in [-0.15, -0.1) is 0 Å². The van der Waals surface area contributed by atoms with Crippen LogP contribution in [0.2, 0.25) is 5.02 Å². The number of nitrogens with one attached hydrogen (secondary N) is 1. The van der Waals surface area contributed by atoms with Crippen molar-refractivity contribution in [1.29, 1.82) is 0 Å². The van der Waals surface area contributed by atoms with E-state index in [4.69, 9.17) is 11.6 Å². The van der Waals surface area contributed by atoms with Crippen molar-refractivity contribution in [2.75, 3.05) is 18.4 Å². The van der Waals surface area contributed by atoms with Gasteiger partial charge in [-0.1, -0.05) is 24.4 Å². The number of carbonyl (C=O) groups excluding carboxylic acids is 1. The van der Waals surface area contributed by atoms with Crippen molar-refractivity contribution in [3.8, 4) is 0 Å². The molecule has 0 spiro atoms. The minimum atomic E-state index is -0.221. The Kier molecular flexibility index (Phi) is 5.73. The van der Waals surface area contributed by atoms with E-state index in [0.29, 0.717) is 5.02 Å². The minimum Gasteiger partial charge on any atom is -0.374 e. The fraction of sp³-hybridized carbons (Fsp3) is 0.533. The van der Waals surface area contributed by atoms with E-state index in [0.717, 1.165) is 36.1 Å². The summed E-state index contributed by atoms with van der Waals surface area (Å²) in [5.74, 6) is 0.179. The topological polar surface area (TPSA) is 32.3 Å². The standard InChI is InChI=1S/C15H20BrClN2O/c1-11(15(20)19-8-4-2-3-5-9-19)18-12-6-7-14(17)13(16)10-12/h6-7,10-11,18H,2-5,8-9H2,1H3. The van der Waals surface area contributed by atoms with Gasteiger partial charge in [-0.2, -0.15) is 0 Å². The quantitative estimate of drug-likeness (QED) is 0.872. The van der Waals surface area contributed by atoms with Crippen LogP contribution in [0.4, 0.5) is 5.69 Å². The molecule has 3 nitrogen and oxygen atoms in total. The van der Waals surface area contributed by atoms with E-state index in [1.54, 1.807) is 0 Å². The summed E-state index contributed by atoms with van der Waals surface area (Å²) in [6.07, 6.45) is 4.70. The summed E-state index contributed by atoms with van der Waals surface area (Å²) in [7, 11) is 0. The van der Waals surface area contributed by atoms with E-state index < -0.39 is 0 Å². The summed E-state index contributed by atoms with van der Waals surface area (Å²) in [6.45, 7) is 3.68. The van der Waals surface area contributed by atoms with Crippen LogP contribution in [0, 0.1) is 0 Å². The number of likely N-dealkylation sites (tertiary alicyclic amines) is 1. The molecule has 1 heterocycles. The first kappa shape index (κ1) is 15.6. The smallest absolute Gasteiger partial charge is 0.244 e. The highest BCUT2D eigenvalue weighted by atomic mass is 79.9. The van der Waals surface area contributed by atoms with Crippen molar-refractivity contribution in [3.05, 3.63) is 27.7 Å². The molecule has 1 unspecified atom stereocenters. The molecule has 1 aliphatic rings. The van der Waals surface area contributed by atoms with E-state index in [9.17, 15) is 4.79 Å². The molecule has 0 radical (unpaired) electrons. The molecular weight excluding hydrogens is 340 g/mol. The first-order valence-electron chi connectivity index (χ1n) is 7.08. The second-order valence-electron chi connectivity index (χ2n) is 5.23. The van der Waals surface area contributed by atoms with Crippen LogP contribution in [0.3, 0.4) is 0 Å². The van der Waals surface area contributed by atoms with Crippen LogP contribution in [0.15, 0.2) is 22.7 Å². The normalized spacial score (nSPS) is 17.4. The molecule has 1 aliphatic heterocycles. The van der Waals surface area contributed by atoms with Crippen molar-refractivity contribution >= 4 is 39.1 Å². The van der Waals surface area contributed by atoms with Crippen LogP contribution in [0.5, 0.6) is 0 Å². The molecule has 1 amide bonds. The average molecular weight is 360 g/mol. The van der Waals surface area contributed by atoms with Gasteiger partial charge >= 0.3 is 0 Å². The van der Waals surface area contributed by atoms with E-state index in [1.807, 2.05) is 30.0 Å². The highest BCUT2D eigenvalue weighted by molar-refractivity contribution is 9.10. The molecule has 1 aromatic carbocycles. The number of nitrogens with zero attached hydrogens (tertiary/aromatic N) is 1. The highest BCUT2D eigenvalue weighted by Crippen LogP contribution is 2.26. The molecule has 0 aliphatic carbocycles. The summed E-state index contributed by atoms with van der Waals surface area (Å²) in [6, 6.07) is 5.38. The molecule has 1 saturated heterocycles. The molecule has 5 heteroatoms. The third-order valence-corrected chi connectivity index (χ3v) is 4.80. The number of hydrogen-bond donors (Lipinski definition) is 1. The Bertz CT molecular complexity index is 473. The van der Waals surface area contributed by atoms with Gasteiger partial charge in [0.2, 0.25) is 5.91 Å². The monoisotopic (exact) mass is 358 g/mol. The second-order valence-corrected chi connectivity index (χ2v) is 6.50. The van der Waals surface area contributed by atoms with Gasteiger partial charge in [0.15, 0.2) is 0 Å². The van der Waals surface area contributed by atoms with Gasteiger partial charge in [0, 0.05) is 23.2 Å². The number of benzene rings is 1. The van der Waals surface area contributed by atoms with E-state index in [2.05, 4.69) is 21.2 Å². The van der Waals surface area contributed by atoms with Crippen LogP contribution in [0.25, 0.3) is 0 Å². The Hall–Kier alpha value is -0.740. The fourth-order valence-corrected chi connectivity index (χ4v) is 2.96. The SMILES string of the molecule is CC(Nc1ccc(Cl)c(Br)c1)C(=O)N1CCCCCC1. The molecule has 1 aromatic rings. The maximum Gasteiger partial charge on any atom is 0.244 e. The van der Waals surface area contributed by atoms with Crippen LogP contribution < -0.4 is 5.32 Å². The maximum absolute atomic E-state index is 12.4. The minimum absolute atomic E-state index is 0.179. The van der Waals surface area contributed by atoms with Gasteiger partial charge in [-0.3, -0.25) is 4.79 Å². The van der Waals surface area contributed by atoms with Crippen LogP contribution >= 0.6 is 27.5 Å². The molecular formula is C15H20BrClN2O. The lowest BCUT2D eigenvalue weighted by molar-refractivity contribution is -0.131. The molecule has 1 N–H and O–H groups in total. The van der Waals surface area contributed by atoms with Crippen molar-refractivity contribution < 1.29 is 4.79 Å². The predicted octanol–water partition coefficient (Wildman–Crippen LogP) is 4.31. The Labute approximate surface area is 133 Å². The van der Waals surface area contributed by atoms with Gasteiger partial charge in [-0.05, 0) is 53.9 Å². The molecule has 0 bridgehead atoms. The predicted molar refractivity (Wildman–Crippen MR) is 87.3 cm³/mol. The Morgan fingerprint density at radius 2 is 1.95 bits per heavy atom. The van der Waals surface area contributed by atoms with Gasteiger partial charge < -0.3 is 10.2 Å². The second kappa shape index (κ2) is 7.32. The molecule has 1 atom stereocenters. The number of amides is 1. The van der Waals surface area contributed by atoms with Crippen LogP contribution in [-0.2, 0) is 4.79 Å². The highest BCUT2D eigenvalue weighted by Gasteiger charge is 2.21. The summed E-state index contributed by atoms with van der Waals surface area (Å²) in [5.41, 5.74) is 0.900. The van der Waals surface area contributed by atoms with Gasteiger partial charge in [0.05, 0.1) is 5.02 Å². The van der Waals surface area contributed by atoms with Crippen molar-refractivity contribution in [2.45, 2.75) is 38.6 Å². The Morgan fingerprint density at radius 3 is 2.55 bits per heavy atom. The van der Waals surface area contributed by atoms with E-state index in [1.165, 1.54) is 12.8 Å². The van der Waals surface area contributed by atoms with Gasteiger partial charge in [0.1, 0.15) is 6.04 Å². The van der Waals surface area contributed by atoms with E-state index >= 15 is 0 Å². The lowest BCUT2D eigenvalue weighted by atomic mass is 10.2. The van der Waals surface area contributed by atoms with Gasteiger partial charge in [0.25, 0.3) is 0 Å². The summed E-state index contributed by atoms with van der Waals surface area (Å²) < 4.78 is 0.832. The van der Waals surface area contributed by atoms with Crippen LogP contribution in [0.1, 0.15) is 32.6 Å². The largest absolute Gasteiger partial charge is 0.374 e. The number of anilines is 1. The zero-order valence-corrected chi connectivity index (χ0v) is 14.0. The zero-order valence-electron chi connectivity index (χ0n) is 11.7. The van der Waals surface area contributed by atoms with Crippen molar-refractivity contribution in [3.63, 3.8) is 0 Å². The Balaban J connectivity index is 1.97. The van der Waals surface area contributed by atoms with Crippen molar-refractivity contribution in [2.24, 2.45) is 0 Å². The molecule has 0 saturated carbocycles. The summed E-state index contributed by atoms with van der Waals surface area (Å²) in [4.78, 5) is 14.4. The summed E-state index contributed by atoms with van der Waals surface area (Å²) >= 11 is 9.36. The molecule has 20 heavy (non-hydrogen) atoms. The first-order valence-corrected chi connectivity index (χ1v) is 8.25. The third kappa shape index (κ3) is 4.13. The number of carbonyl (C=O) groups is 1. The first-order chi connectivity index (χ1) is 9.58. The molecule has 110 valence electrons. The maximum atomic E-state index is 12.4. The zero-order chi connectivity index (χ0) is 14.5. The number of rotatable bonds is 3. The van der Waals surface area contributed by atoms with Gasteiger partial charge in [-0.25, -0.2) is 0 Å². The molecule has 1 fully saturated rings. The fourth-order valence-electron chi connectivity index (χ4n) is 2.46. The van der Waals surface area contributed by atoms with Crippen LogP contribution in [-0.4, -0.2) is 29.9 Å². The van der Waals surface area contributed by atoms with E-state index in [-0.39, 0.29) is 11.9 Å². The lowest BCUT2D eigenvalue weighted by Gasteiger charge is -2.25. The lowest BCUT2D eigenvalue weighted by Crippen LogP contribution is -2.41. The summed E-state index contributed by atoms with van der Waals surface area (Å²) in [5, 5.41) is 3.92. The average Bonchev–Trinajstić information content (AvgIpc) is 2.71.